The van der Waals surface area contributed by atoms with E-state index in [1.165, 1.54) is 6.42 Å². The molecule has 328 valence electrons. The molecule has 2 unspecified atom stereocenters. The third kappa shape index (κ3) is 16.2. The molecule has 11 nitrogen and oxygen atoms in total. The summed E-state index contributed by atoms with van der Waals surface area (Å²) in [5.74, 6) is -0.0507. The van der Waals surface area contributed by atoms with E-state index in [1.807, 2.05) is 66.5 Å². The highest BCUT2D eigenvalue weighted by atomic mass is 19.4. The number of unbranched alkanes of at least 4 members (excludes halogenated alkanes) is 1. The molecule has 0 bridgehead atoms. The van der Waals surface area contributed by atoms with Crippen LogP contribution < -0.4 is 26.0 Å². The van der Waals surface area contributed by atoms with E-state index in [-0.39, 0.29) is 37.5 Å². The average molecular weight is 821 g/mol. The average Bonchev–Trinajstić information content (AvgIpc) is 3.20. The highest BCUT2D eigenvalue weighted by Gasteiger charge is 2.43. The predicted molar refractivity (Wildman–Crippen MR) is 224 cm³/mol. The molecule has 14 heteroatoms. The molecule has 0 aromatic heterocycles. The number of ether oxygens (including phenoxy) is 2. The summed E-state index contributed by atoms with van der Waals surface area (Å²) in [6, 6.07) is 16.0. The Kier molecular flexibility index (Phi) is 21.1. The van der Waals surface area contributed by atoms with E-state index in [9.17, 15) is 27.9 Å². The van der Waals surface area contributed by atoms with Gasteiger partial charge in [0.15, 0.2) is 0 Å². The zero-order valence-electron chi connectivity index (χ0n) is 35.7. The number of rotatable bonds is 19. The van der Waals surface area contributed by atoms with E-state index in [0.717, 1.165) is 52.2 Å². The second kappa shape index (κ2) is 25.1. The SMILES string of the molecule is CNCC(CC(C)C(F)(F)F)NC(=O)N1CCC[C@@H]([C@@](O)(CCCCOC)c2ccccc2Oc2ccccc2)C1.CNC[C@H](CC(C)C)NC(=O)N1CCCCC1. The van der Waals surface area contributed by atoms with E-state index in [4.69, 9.17) is 9.47 Å². The maximum Gasteiger partial charge on any atom is 0.391 e. The van der Waals surface area contributed by atoms with Crippen LogP contribution in [0.3, 0.4) is 0 Å². The van der Waals surface area contributed by atoms with Gasteiger partial charge in [-0.2, -0.15) is 13.2 Å². The van der Waals surface area contributed by atoms with Gasteiger partial charge in [-0.25, -0.2) is 9.59 Å². The molecule has 2 heterocycles. The summed E-state index contributed by atoms with van der Waals surface area (Å²) in [5, 5.41) is 24.4. The molecule has 58 heavy (non-hydrogen) atoms. The number of hydrogen-bond acceptors (Lipinski definition) is 7. The van der Waals surface area contributed by atoms with Crippen LogP contribution in [0, 0.1) is 17.8 Å². The standard InChI is InChI=1S/C31H44F3N3O4.C13H27N3O/c1-23(31(32,33)34)20-25(21-35-2)36-29(38)37-18-11-12-24(22-37)30(39,17-9-10-19-40-3)27-15-7-8-16-28(27)41-26-13-5-4-6-14-26;1-11(2)9-12(10-14-3)15-13(17)16-7-5-4-6-8-16/h4-8,13-16,23-25,35,39H,9-12,17-22H2,1-3H3,(H,36,38);11-12,14H,4-10H2,1-3H3,(H,15,17)/t23?,24-,25?,30+;12-/m10/s1. The van der Waals surface area contributed by atoms with E-state index in [0.29, 0.717) is 61.8 Å². The van der Waals surface area contributed by atoms with Crippen molar-refractivity contribution >= 4 is 12.1 Å². The van der Waals surface area contributed by atoms with Crippen molar-refractivity contribution in [3.8, 4) is 11.5 Å². The number of urea groups is 2. The molecule has 0 spiro atoms. The lowest BCUT2D eigenvalue weighted by molar-refractivity contribution is -0.172. The van der Waals surface area contributed by atoms with Gasteiger partial charge < -0.3 is 45.6 Å². The van der Waals surface area contributed by atoms with Gasteiger partial charge in [0.25, 0.3) is 0 Å². The smallest absolute Gasteiger partial charge is 0.391 e. The molecule has 0 saturated carbocycles. The van der Waals surface area contributed by atoms with Gasteiger partial charge in [-0.05, 0) is 102 Å². The molecular weight excluding hydrogens is 750 g/mol. The summed E-state index contributed by atoms with van der Waals surface area (Å²) in [7, 11) is 5.22. The number of methoxy groups -OCH3 is 1. The minimum absolute atomic E-state index is 0.116. The van der Waals surface area contributed by atoms with Gasteiger partial charge >= 0.3 is 18.2 Å². The first-order valence-corrected chi connectivity index (χ1v) is 21.2. The van der Waals surface area contributed by atoms with Crippen LogP contribution in [-0.4, -0.2) is 112 Å². The molecule has 2 saturated heterocycles. The Balaban J connectivity index is 0.000000442. The van der Waals surface area contributed by atoms with Gasteiger partial charge in [0.2, 0.25) is 0 Å². The van der Waals surface area contributed by atoms with Crippen LogP contribution in [0.4, 0.5) is 22.8 Å². The monoisotopic (exact) mass is 821 g/mol. The van der Waals surface area contributed by atoms with Gasteiger partial charge in [0.05, 0.1) is 11.5 Å². The Hall–Kier alpha value is -3.59. The maximum absolute atomic E-state index is 13.3. The number of hydrogen-bond donors (Lipinski definition) is 5. The van der Waals surface area contributed by atoms with Crippen LogP contribution in [0.15, 0.2) is 54.6 Å². The van der Waals surface area contributed by atoms with Gasteiger partial charge in [-0.3, -0.25) is 0 Å². The van der Waals surface area contributed by atoms with E-state index >= 15 is 0 Å². The van der Waals surface area contributed by atoms with Crippen LogP contribution >= 0.6 is 0 Å². The van der Waals surface area contributed by atoms with Crippen LogP contribution in [0.2, 0.25) is 0 Å². The first-order valence-electron chi connectivity index (χ1n) is 21.2. The largest absolute Gasteiger partial charge is 0.457 e. The molecule has 0 radical (unpaired) electrons. The third-order valence-corrected chi connectivity index (χ3v) is 11.0. The number of carbonyl (C=O) groups excluding carboxylic acids is 2. The summed E-state index contributed by atoms with van der Waals surface area (Å²) in [5.41, 5.74) is -0.645. The number of nitrogens with zero attached hydrogens (tertiary/aromatic N) is 2. The molecule has 5 atom stereocenters. The number of piperidine rings is 2. The van der Waals surface area contributed by atoms with Gasteiger partial charge in [-0.15, -0.1) is 0 Å². The molecule has 2 fully saturated rings. The number of nitrogens with one attached hydrogen (secondary N) is 4. The van der Waals surface area contributed by atoms with Crippen molar-refractivity contribution in [1.82, 2.24) is 31.1 Å². The lowest BCUT2D eigenvalue weighted by Gasteiger charge is -2.43. The number of carbonyl (C=O) groups is 2. The molecular formula is C44H71F3N6O5. The van der Waals surface area contributed by atoms with E-state index in [2.05, 4.69) is 35.1 Å². The predicted octanol–water partition coefficient (Wildman–Crippen LogP) is 7.90. The Morgan fingerprint density at radius 2 is 1.40 bits per heavy atom. The fraction of sp³-hybridized carbons (Fsp3) is 0.682. The Morgan fingerprint density at radius 3 is 2.00 bits per heavy atom. The Bertz CT molecular complexity index is 1460. The minimum Gasteiger partial charge on any atom is -0.457 e. The second-order valence-electron chi connectivity index (χ2n) is 16.3. The molecule has 4 amide bonds. The van der Waals surface area contributed by atoms with Crippen molar-refractivity contribution in [1.29, 1.82) is 0 Å². The lowest BCUT2D eigenvalue weighted by atomic mass is 9.73. The van der Waals surface area contributed by atoms with Crippen LogP contribution in [0.5, 0.6) is 11.5 Å². The number of amides is 4. The van der Waals surface area contributed by atoms with E-state index < -0.39 is 29.8 Å². The van der Waals surface area contributed by atoms with Gasteiger partial charge in [0, 0.05) is 76.6 Å². The molecule has 0 aliphatic carbocycles. The number of halogens is 3. The highest BCUT2D eigenvalue weighted by molar-refractivity contribution is 5.75. The minimum atomic E-state index is -4.33. The maximum atomic E-state index is 13.3. The third-order valence-electron chi connectivity index (χ3n) is 11.0. The Morgan fingerprint density at radius 1 is 0.810 bits per heavy atom. The normalized spacial score (nSPS) is 18.6. The Labute approximate surface area is 345 Å². The van der Waals surface area contributed by atoms with E-state index in [1.54, 1.807) is 19.1 Å². The number of para-hydroxylation sites is 2. The van der Waals surface area contributed by atoms with Crippen molar-refractivity contribution < 1.29 is 37.3 Å². The molecule has 4 rings (SSSR count). The molecule has 2 aromatic carbocycles. The summed E-state index contributed by atoms with van der Waals surface area (Å²) in [4.78, 5) is 28.9. The number of benzene rings is 2. The van der Waals surface area contributed by atoms with Crippen molar-refractivity contribution in [3.05, 3.63) is 60.2 Å². The lowest BCUT2D eigenvalue weighted by Crippen LogP contribution is -2.54. The summed E-state index contributed by atoms with van der Waals surface area (Å²) >= 11 is 0. The number of likely N-dealkylation sites (N-methyl/N-ethyl adjacent to an activating group) is 2. The van der Waals surface area contributed by atoms with Crippen molar-refractivity contribution in [2.24, 2.45) is 17.8 Å². The number of alkyl halides is 3. The second-order valence-corrected chi connectivity index (χ2v) is 16.3. The zero-order valence-corrected chi connectivity index (χ0v) is 35.7. The molecule has 2 aliphatic heterocycles. The zero-order chi connectivity index (χ0) is 42.6. The van der Waals surface area contributed by atoms with Crippen LogP contribution in [0.25, 0.3) is 0 Å². The molecule has 2 aliphatic rings. The van der Waals surface area contributed by atoms with Gasteiger partial charge in [-0.1, -0.05) is 57.2 Å². The first-order chi connectivity index (χ1) is 27.7. The summed E-state index contributed by atoms with van der Waals surface area (Å²) in [6.45, 7) is 9.71. The molecule has 5 N–H and O–H groups in total. The highest BCUT2D eigenvalue weighted by Crippen LogP contribution is 2.44. The topological polar surface area (TPSA) is 127 Å². The quantitative estimate of drug-likeness (QED) is 0.0913. The van der Waals surface area contributed by atoms with Gasteiger partial charge in [0.1, 0.15) is 11.5 Å². The first kappa shape index (κ1) is 48.8. The van der Waals surface area contributed by atoms with Crippen molar-refractivity contribution in [2.45, 2.75) is 109 Å². The summed E-state index contributed by atoms with van der Waals surface area (Å²) < 4.78 is 51.1. The number of aliphatic hydroxyl groups is 1. The fourth-order valence-electron chi connectivity index (χ4n) is 7.92. The van der Waals surface area contributed by atoms with Crippen LogP contribution in [-0.2, 0) is 10.3 Å². The van der Waals surface area contributed by atoms with Crippen LogP contribution in [0.1, 0.15) is 90.5 Å². The summed E-state index contributed by atoms with van der Waals surface area (Å²) in [6.07, 6.45) is 3.29. The van der Waals surface area contributed by atoms with Crippen molar-refractivity contribution in [2.75, 3.05) is 67.1 Å². The molecule has 2 aromatic rings. The fourth-order valence-corrected chi connectivity index (χ4v) is 7.92. The number of likely N-dealkylation sites (tertiary alicyclic amines) is 2. The van der Waals surface area contributed by atoms with Crippen molar-refractivity contribution in [3.63, 3.8) is 0 Å².